The Morgan fingerprint density at radius 2 is 1.70 bits per heavy atom. The molecule has 2 unspecified atom stereocenters. The van der Waals surface area contributed by atoms with Crippen LogP contribution in [0.2, 0.25) is 4.34 Å². The molecule has 3 amide bonds. The molecule has 3 saturated heterocycles. The minimum Gasteiger partial charge on any atom is -0.446 e. The normalized spacial score (nSPS) is 21.5. The molecule has 5 rings (SSSR count). The highest BCUT2D eigenvalue weighted by Crippen LogP contribution is 2.33. The summed E-state index contributed by atoms with van der Waals surface area (Å²) >= 11 is 7.40. The molecule has 0 saturated carbocycles. The molecule has 0 N–H and O–H groups in total. The molecule has 1 aromatic carbocycles. The lowest BCUT2D eigenvalue weighted by Crippen LogP contribution is -2.43. The van der Waals surface area contributed by atoms with E-state index in [1.807, 2.05) is 36.9 Å². The van der Waals surface area contributed by atoms with Gasteiger partial charge in [0.05, 0.1) is 6.20 Å². The zero-order valence-electron chi connectivity index (χ0n) is 23.5. The first-order valence-electron chi connectivity index (χ1n) is 14.1. The van der Waals surface area contributed by atoms with Crippen LogP contribution in [-0.4, -0.2) is 96.1 Å². The van der Waals surface area contributed by atoms with Crippen LogP contribution in [0, 0.1) is 25.7 Å². The van der Waals surface area contributed by atoms with Crippen LogP contribution in [0.3, 0.4) is 0 Å². The number of carbonyl (C=O) groups is 3. The molecule has 216 valence electrons. The van der Waals surface area contributed by atoms with Crippen LogP contribution in [0.1, 0.15) is 47.7 Å². The Bertz CT molecular complexity index is 1210. The summed E-state index contributed by atoms with van der Waals surface area (Å²) in [5, 5.41) is 0.537. The van der Waals surface area contributed by atoms with E-state index >= 15 is 0 Å². The Morgan fingerprint density at radius 3 is 2.27 bits per heavy atom. The number of hydrogen-bond acceptors (Lipinski definition) is 7. The predicted molar refractivity (Wildman–Crippen MR) is 156 cm³/mol. The first-order chi connectivity index (χ1) is 19.2. The van der Waals surface area contributed by atoms with Crippen LogP contribution in [0.15, 0.2) is 24.4 Å². The van der Waals surface area contributed by atoms with Crippen molar-refractivity contribution in [3.05, 3.63) is 45.4 Å². The highest BCUT2D eigenvalue weighted by Gasteiger charge is 2.42. The molecule has 0 spiro atoms. The largest absolute Gasteiger partial charge is 0.446 e. The van der Waals surface area contributed by atoms with Gasteiger partial charge in [0.15, 0.2) is 5.13 Å². The summed E-state index contributed by atoms with van der Waals surface area (Å²) in [6.07, 6.45) is 2.98. The van der Waals surface area contributed by atoms with E-state index in [9.17, 15) is 14.4 Å². The van der Waals surface area contributed by atoms with Crippen LogP contribution in [0.5, 0.6) is 0 Å². The van der Waals surface area contributed by atoms with Gasteiger partial charge in [0.1, 0.15) is 10.4 Å². The fourth-order valence-electron chi connectivity index (χ4n) is 6.33. The Kier molecular flexibility index (Phi) is 8.97. The summed E-state index contributed by atoms with van der Waals surface area (Å²) < 4.78 is 6.36. The van der Waals surface area contributed by atoms with Gasteiger partial charge in [-0.05, 0) is 49.8 Å². The SMILES string of the molecule is CC(=O)N1CCC(OC(=O)N(CCCN2CC3CN(C(=O)c4c(C)cccc4C)CC3C2)c2ncc(Cl)s2)CC1. The molecule has 2 atom stereocenters. The minimum absolute atomic E-state index is 0.0515. The lowest BCUT2D eigenvalue weighted by Gasteiger charge is -2.32. The van der Waals surface area contributed by atoms with E-state index in [1.54, 1.807) is 22.9 Å². The molecule has 0 radical (unpaired) electrons. The first kappa shape index (κ1) is 28.8. The molecule has 0 aliphatic carbocycles. The first-order valence-corrected chi connectivity index (χ1v) is 15.3. The summed E-state index contributed by atoms with van der Waals surface area (Å²) in [6, 6.07) is 6.02. The number of anilines is 1. The molecule has 3 aliphatic rings. The number of amides is 3. The van der Waals surface area contributed by atoms with Gasteiger partial charge in [-0.2, -0.15) is 0 Å². The molecule has 40 heavy (non-hydrogen) atoms. The number of likely N-dealkylation sites (tertiary alicyclic amines) is 3. The zero-order chi connectivity index (χ0) is 28.4. The average Bonchev–Trinajstić information content (AvgIpc) is 3.61. The maximum Gasteiger partial charge on any atom is 0.416 e. The molecule has 0 bridgehead atoms. The smallest absolute Gasteiger partial charge is 0.416 e. The summed E-state index contributed by atoms with van der Waals surface area (Å²) in [7, 11) is 0. The fraction of sp³-hybridized carbons (Fsp3) is 0.586. The van der Waals surface area contributed by atoms with Crippen LogP contribution < -0.4 is 4.90 Å². The highest BCUT2D eigenvalue weighted by molar-refractivity contribution is 7.19. The number of benzene rings is 1. The second-order valence-corrected chi connectivity index (χ2v) is 12.9. The number of fused-ring (bicyclic) bond motifs is 1. The number of ether oxygens (including phenoxy) is 1. The maximum absolute atomic E-state index is 13.3. The van der Waals surface area contributed by atoms with Crippen LogP contribution in [0.25, 0.3) is 0 Å². The third kappa shape index (κ3) is 6.44. The molecular weight excluding hydrogens is 550 g/mol. The van der Waals surface area contributed by atoms with Gasteiger partial charge in [-0.1, -0.05) is 41.1 Å². The van der Waals surface area contributed by atoms with Crippen molar-refractivity contribution in [2.24, 2.45) is 11.8 Å². The molecule has 4 heterocycles. The van der Waals surface area contributed by atoms with E-state index in [4.69, 9.17) is 16.3 Å². The lowest BCUT2D eigenvalue weighted by molar-refractivity contribution is -0.130. The molecule has 2 aromatic rings. The van der Waals surface area contributed by atoms with E-state index in [0.29, 0.717) is 53.8 Å². The maximum atomic E-state index is 13.3. The van der Waals surface area contributed by atoms with Crippen molar-refractivity contribution in [2.45, 2.75) is 46.1 Å². The zero-order valence-corrected chi connectivity index (χ0v) is 25.0. The van der Waals surface area contributed by atoms with Crippen molar-refractivity contribution in [2.75, 3.05) is 57.3 Å². The van der Waals surface area contributed by atoms with E-state index in [1.165, 1.54) is 11.3 Å². The Morgan fingerprint density at radius 1 is 1.05 bits per heavy atom. The van der Waals surface area contributed by atoms with Crippen molar-refractivity contribution in [3.63, 3.8) is 0 Å². The van der Waals surface area contributed by atoms with Crippen molar-refractivity contribution in [3.8, 4) is 0 Å². The van der Waals surface area contributed by atoms with Gasteiger partial charge in [0.2, 0.25) is 5.91 Å². The standard InChI is InChI=1S/C29H38ClN5O4S/c1-19-6-4-7-20(2)26(19)27(37)34-17-22-15-32(16-23(22)18-34)10-5-11-35(28-31-14-25(30)40-28)29(38)39-24-8-12-33(13-9-24)21(3)36/h4,6-7,14,22-24H,5,8-13,15-18H2,1-3H3. The van der Waals surface area contributed by atoms with Gasteiger partial charge in [-0.15, -0.1) is 0 Å². The number of rotatable bonds is 7. The number of thiazole rings is 1. The summed E-state index contributed by atoms with van der Waals surface area (Å²) in [6.45, 7) is 11.6. The van der Waals surface area contributed by atoms with Gasteiger partial charge < -0.3 is 19.4 Å². The van der Waals surface area contributed by atoms with Gasteiger partial charge in [-0.25, -0.2) is 9.78 Å². The molecule has 11 heteroatoms. The topological polar surface area (TPSA) is 86.3 Å². The Labute approximate surface area is 245 Å². The predicted octanol–water partition coefficient (Wildman–Crippen LogP) is 4.46. The van der Waals surface area contributed by atoms with Crippen molar-refractivity contribution >= 4 is 46.0 Å². The highest BCUT2D eigenvalue weighted by atomic mass is 35.5. The minimum atomic E-state index is -0.411. The van der Waals surface area contributed by atoms with E-state index in [2.05, 4.69) is 9.88 Å². The number of aromatic nitrogens is 1. The second-order valence-electron chi connectivity index (χ2n) is 11.3. The number of aryl methyl sites for hydroxylation is 2. The summed E-state index contributed by atoms with van der Waals surface area (Å²) in [5.41, 5.74) is 2.92. The summed E-state index contributed by atoms with van der Waals surface area (Å²) in [5.74, 6) is 1.16. The summed E-state index contributed by atoms with van der Waals surface area (Å²) in [4.78, 5) is 50.3. The molecule has 3 fully saturated rings. The number of hydrogen-bond donors (Lipinski definition) is 0. The van der Waals surface area contributed by atoms with Crippen LogP contribution >= 0.6 is 22.9 Å². The van der Waals surface area contributed by atoms with Gasteiger partial charge in [-0.3, -0.25) is 14.5 Å². The molecule has 3 aliphatic heterocycles. The third-order valence-electron chi connectivity index (χ3n) is 8.47. The monoisotopic (exact) mass is 587 g/mol. The van der Waals surface area contributed by atoms with Crippen molar-refractivity contribution in [1.82, 2.24) is 19.7 Å². The third-order valence-corrected chi connectivity index (χ3v) is 9.61. The Hall–Kier alpha value is -2.69. The van der Waals surface area contributed by atoms with Crippen molar-refractivity contribution < 1.29 is 19.1 Å². The lowest BCUT2D eigenvalue weighted by atomic mass is 10.0. The van der Waals surface area contributed by atoms with Gasteiger partial charge in [0.25, 0.3) is 5.91 Å². The number of carbonyl (C=O) groups excluding carboxylic acids is 3. The molecular formula is C29H38ClN5O4S. The molecule has 9 nitrogen and oxygen atoms in total. The van der Waals surface area contributed by atoms with Crippen LogP contribution in [0.4, 0.5) is 9.93 Å². The van der Waals surface area contributed by atoms with E-state index in [-0.39, 0.29) is 17.9 Å². The number of halogens is 1. The Balaban J connectivity index is 1.11. The van der Waals surface area contributed by atoms with Gasteiger partial charge in [0, 0.05) is 71.1 Å². The van der Waals surface area contributed by atoms with Crippen LogP contribution in [-0.2, 0) is 9.53 Å². The number of nitrogens with zero attached hydrogens (tertiary/aromatic N) is 5. The average molecular weight is 588 g/mol. The quantitative estimate of drug-likeness (QED) is 0.475. The molecule has 1 aromatic heterocycles. The van der Waals surface area contributed by atoms with Crippen molar-refractivity contribution in [1.29, 1.82) is 0 Å². The van der Waals surface area contributed by atoms with E-state index in [0.717, 1.165) is 55.8 Å². The van der Waals surface area contributed by atoms with E-state index < -0.39 is 6.09 Å². The second kappa shape index (κ2) is 12.4. The number of piperidine rings is 1. The fourth-order valence-corrected chi connectivity index (χ4v) is 7.25. The van der Waals surface area contributed by atoms with Gasteiger partial charge >= 0.3 is 6.09 Å².